The molecule has 0 N–H and O–H groups in total. The summed E-state index contributed by atoms with van der Waals surface area (Å²) >= 11 is 0. The Hall–Kier alpha value is -2.86. The zero-order chi connectivity index (χ0) is 20.1. The zero-order valence-corrected chi connectivity index (χ0v) is 17.0. The second-order valence-electron chi connectivity index (χ2n) is 7.54. The van der Waals surface area contributed by atoms with Gasteiger partial charge >= 0.3 is 0 Å². The standard InChI is InChI=1S/C23H28N4O2/c1-29-20-9-7-19(8-10-20)17-25-12-4-13-26(16-15-25)23(28)11-14-27-18-24-21-5-2-3-6-22(21)27/h2-3,5-10,18H,4,11-17H2,1H3. The SMILES string of the molecule is COc1ccc(CN2CCCN(C(=O)CCn3cnc4ccccc43)CC2)cc1. The number of hydrogen-bond acceptors (Lipinski definition) is 4. The summed E-state index contributed by atoms with van der Waals surface area (Å²) in [5.41, 5.74) is 3.34. The first kappa shape index (κ1) is 19.5. The van der Waals surface area contributed by atoms with Gasteiger partial charge in [-0.25, -0.2) is 4.98 Å². The van der Waals surface area contributed by atoms with Crippen molar-refractivity contribution in [2.24, 2.45) is 0 Å². The average molecular weight is 393 g/mol. The number of imidazole rings is 1. The van der Waals surface area contributed by atoms with Gasteiger partial charge in [0.2, 0.25) is 5.91 Å². The lowest BCUT2D eigenvalue weighted by Crippen LogP contribution is -2.35. The number of para-hydroxylation sites is 2. The van der Waals surface area contributed by atoms with E-state index in [1.807, 2.05) is 41.6 Å². The van der Waals surface area contributed by atoms with Crippen molar-refractivity contribution in [2.75, 3.05) is 33.3 Å². The lowest BCUT2D eigenvalue weighted by Gasteiger charge is -2.22. The van der Waals surface area contributed by atoms with E-state index in [-0.39, 0.29) is 5.91 Å². The molecule has 0 unspecified atom stereocenters. The molecule has 0 aliphatic carbocycles. The molecule has 152 valence electrons. The van der Waals surface area contributed by atoms with Crippen molar-refractivity contribution in [2.45, 2.75) is 25.9 Å². The molecular weight excluding hydrogens is 364 g/mol. The molecule has 1 aromatic heterocycles. The summed E-state index contributed by atoms with van der Waals surface area (Å²) < 4.78 is 7.30. The van der Waals surface area contributed by atoms with Crippen molar-refractivity contribution in [1.29, 1.82) is 0 Å². The van der Waals surface area contributed by atoms with Crippen molar-refractivity contribution >= 4 is 16.9 Å². The summed E-state index contributed by atoms with van der Waals surface area (Å²) in [5.74, 6) is 1.11. The number of rotatable bonds is 6. The highest BCUT2D eigenvalue weighted by Gasteiger charge is 2.19. The smallest absolute Gasteiger partial charge is 0.224 e. The Balaban J connectivity index is 1.29. The predicted molar refractivity (Wildman–Crippen MR) is 114 cm³/mol. The number of fused-ring (bicyclic) bond motifs is 1. The number of carbonyl (C=O) groups excluding carboxylic acids is 1. The van der Waals surface area contributed by atoms with Gasteiger partial charge in [-0.2, -0.15) is 0 Å². The quantitative estimate of drug-likeness (QED) is 0.647. The maximum absolute atomic E-state index is 12.8. The molecule has 2 aromatic carbocycles. The summed E-state index contributed by atoms with van der Waals surface area (Å²) in [6.45, 7) is 5.13. The molecular formula is C23H28N4O2. The lowest BCUT2D eigenvalue weighted by atomic mass is 10.2. The minimum absolute atomic E-state index is 0.231. The van der Waals surface area contributed by atoms with Gasteiger partial charge in [0.25, 0.3) is 0 Å². The van der Waals surface area contributed by atoms with Crippen LogP contribution in [-0.4, -0.2) is 58.5 Å². The van der Waals surface area contributed by atoms with E-state index >= 15 is 0 Å². The maximum atomic E-state index is 12.8. The molecule has 1 fully saturated rings. The Morgan fingerprint density at radius 3 is 2.69 bits per heavy atom. The first-order valence-corrected chi connectivity index (χ1v) is 10.3. The van der Waals surface area contributed by atoms with Crippen molar-refractivity contribution in [3.8, 4) is 5.75 Å². The van der Waals surface area contributed by atoms with E-state index in [4.69, 9.17) is 4.74 Å². The monoisotopic (exact) mass is 392 g/mol. The van der Waals surface area contributed by atoms with Crippen LogP contribution in [0.4, 0.5) is 0 Å². The Morgan fingerprint density at radius 1 is 1.03 bits per heavy atom. The van der Waals surface area contributed by atoms with E-state index < -0.39 is 0 Å². The van der Waals surface area contributed by atoms with Crippen LogP contribution in [0, 0.1) is 0 Å². The van der Waals surface area contributed by atoms with E-state index in [1.54, 1.807) is 7.11 Å². The number of ether oxygens (including phenoxy) is 1. The number of benzene rings is 2. The van der Waals surface area contributed by atoms with E-state index in [1.165, 1.54) is 5.56 Å². The molecule has 3 aromatic rings. The molecule has 0 bridgehead atoms. The highest BCUT2D eigenvalue weighted by atomic mass is 16.5. The van der Waals surface area contributed by atoms with Gasteiger partial charge in [0.15, 0.2) is 0 Å². The molecule has 0 spiro atoms. The summed E-state index contributed by atoms with van der Waals surface area (Å²) in [4.78, 5) is 21.6. The molecule has 0 radical (unpaired) electrons. The second-order valence-corrected chi connectivity index (χ2v) is 7.54. The Kier molecular flexibility index (Phi) is 6.10. The van der Waals surface area contributed by atoms with Crippen molar-refractivity contribution in [3.63, 3.8) is 0 Å². The van der Waals surface area contributed by atoms with Crippen LogP contribution in [0.1, 0.15) is 18.4 Å². The van der Waals surface area contributed by atoms with E-state index in [0.29, 0.717) is 13.0 Å². The molecule has 1 saturated heterocycles. The summed E-state index contributed by atoms with van der Waals surface area (Å²) in [6, 6.07) is 16.3. The number of amides is 1. The Bertz CT molecular complexity index is 951. The van der Waals surface area contributed by atoms with Gasteiger partial charge in [0.1, 0.15) is 5.75 Å². The molecule has 6 heteroatoms. The molecule has 1 amide bonds. The van der Waals surface area contributed by atoms with Crippen LogP contribution < -0.4 is 4.74 Å². The molecule has 0 atom stereocenters. The fourth-order valence-electron chi connectivity index (χ4n) is 3.93. The molecule has 4 rings (SSSR count). The minimum atomic E-state index is 0.231. The lowest BCUT2D eigenvalue weighted by molar-refractivity contribution is -0.131. The fourth-order valence-corrected chi connectivity index (χ4v) is 3.93. The van der Waals surface area contributed by atoms with Gasteiger partial charge in [-0.15, -0.1) is 0 Å². The predicted octanol–water partition coefficient (Wildman–Crippen LogP) is 3.17. The first-order valence-electron chi connectivity index (χ1n) is 10.3. The van der Waals surface area contributed by atoms with Crippen LogP contribution in [0.15, 0.2) is 54.9 Å². The van der Waals surface area contributed by atoms with Crippen LogP contribution in [0.25, 0.3) is 11.0 Å². The topological polar surface area (TPSA) is 50.6 Å². The van der Waals surface area contributed by atoms with Gasteiger partial charge in [-0.05, 0) is 36.2 Å². The Morgan fingerprint density at radius 2 is 1.86 bits per heavy atom. The number of carbonyl (C=O) groups is 1. The normalized spacial score (nSPS) is 15.4. The van der Waals surface area contributed by atoms with Crippen molar-refractivity contribution in [3.05, 3.63) is 60.4 Å². The average Bonchev–Trinajstić information content (AvgIpc) is 3.03. The number of aromatic nitrogens is 2. The van der Waals surface area contributed by atoms with Crippen molar-refractivity contribution in [1.82, 2.24) is 19.4 Å². The Labute approximate surface area is 171 Å². The van der Waals surface area contributed by atoms with E-state index in [2.05, 4.69) is 32.7 Å². The van der Waals surface area contributed by atoms with Crippen LogP contribution in [0.5, 0.6) is 5.75 Å². The van der Waals surface area contributed by atoms with Crippen LogP contribution >= 0.6 is 0 Å². The second kappa shape index (κ2) is 9.09. The largest absolute Gasteiger partial charge is 0.497 e. The third kappa shape index (κ3) is 4.77. The summed E-state index contributed by atoms with van der Waals surface area (Å²) in [5, 5.41) is 0. The number of nitrogens with zero attached hydrogens (tertiary/aromatic N) is 4. The molecule has 2 heterocycles. The molecule has 1 aliphatic rings. The molecule has 1 aliphatic heterocycles. The van der Waals surface area contributed by atoms with Gasteiger partial charge in [-0.1, -0.05) is 24.3 Å². The first-order chi connectivity index (χ1) is 14.2. The maximum Gasteiger partial charge on any atom is 0.224 e. The minimum Gasteiger partial charge on any atom is -0.497 e. The summed E-state index contributed by atoms with van der Waals surface area (Å²) in [6.07, 6.45) is 3.35. The highest BCUT2D eigenvalue weighted by molar-refractivity contribution is 5.77. The van der Waals surface area contributed by atoms with Crippen LogP contribution in [0.2, 0.25) is 0 Å². The molecule has 29 heavy (non-hydrogen) atoms. The zero-order valence-electron chi connectivity index (χ0n) is 17.0. The van der Waals surface area contributed by atoms with Gasteiger partial charge < -0.3 is 14.2 Å². The van der Waals surface area contributed by atoms with Gasteiger partial charge in [0, 0.05) is 45.7 Å². The van der Waals surface area contributed by atoms with E-state index in [9.17, 15) is 4.79 Å². The van der Waals surface area contributed by atoms with Gasteiger partial charge in [-0.3, -0.25) is 9.69 Å². The highest BCUT2D eigenvalue weighted by Crippen LogP contribution is 2.15. The third-order valence-corrected chi connectivity index (χ3v) is 5.60. The van der Waals surface area contributed by atoms with Crippen LogP contribution in [-0.2, 0) is 17.9 Å². The van der Waals surface area contributed by atoms with Gasteiger partial charge in [0.05, 0.1) is 24.5 Å². The molecule has 6 nitrogen and oxygen atoms in total. The number of hydrogen-bond donors (Lipinski definition) is 0. The third-order valence-electron chi connectivity index (χ3n) is 5.60. The number of methoxy groups -OCH3 is 1. The molecule has 0 saturated carbocycles. The van der Waals surface area contributed by atoms with Crippen molar-refractivity contribution < 1.29 is 9.53 Å². The number of aryl methyl sites for hydroxylation is 1. The summed E-state index contributed by atoms with van der Waals surface area (Å²) in [7, 11) is 1.69. The van der Waals surface area contributed by atoms with Crippen LogP contribution in [0.3, 0.4) is 0 Å². The van der Waals surface area contributed by atoms with E-state index in [0.717, 1.165) is 55.9 Å². The fraction of sp³-hybridized carbons (Fsp3) is 0.391.